The third-order valence-corrected chi connectivity index (χ3v) is 3.79. The summed E-state index contributed by atoms with van der Waals surface area (Å²) >= 11 is 0. The molecule has 8 nitrogen and oxygen atoms in total. The molecule has 2 heterocycles. The van der Waals surface area contributed by atoms with Crippen LogP contribution in [0.15, 0.2) is 35.3 Å². The molecule has 0 saturated carbocycles. The molecule has 0 amide bonds. The maximum Gasteiger partial charge on any atom is 0.213 e. The molecule has 8 heteroatoms. The molecule has 0 spiro atoms. The summed E-state index contributed by atoms with van der Waals surface area (Å²) in [6.45, 7) is 0.745. The first kappa shape index (κ1) is 16.3. The van der Waals surface area contributed by atoms with Crippen molar-refractivity contribution < 1.29 is 14.6 Å². The van der Waals surface area contributed by atoms with Gasteiger partial charge in [-0.1, -0.05) is 30.3 Å². The number of hydrogen-bond acceptors (Lipinski definition) is 7. The second-order valence-electron chi connectivity index (χ2n) is 5.47. The van der Waals surface area contributed by atoms with Crippen molar-refractivity contribution in [1.82, 2.24) is 9.78 Å². The lowest BCUT2D eigenvalue weighted by molar-refractivity contribution is 0.0889. The van der Waals surface area contributed by atoms with Crippen LogP contribution in [0.25, 0.3) is 0 Å². The lowest BCUT2D eigenvalue weighted by Gasteiger charge is -2.12. The molecule has 1 aromatic heterocycles. The standard InChI is InChI=1S/C16H21N5O3/c17-14-15(20-21(6-7-22)16(14)18)12(19-13-9-23-10-24-13)8-11-4-2-1-3-5-11/h1-5,12,22H,6-10,17-18H2. The van der Waals surface area contributed by atoms with E-state index < -0.39 is 0 Å². The number of anilines is 2. The molecular weight excluding hydrogens is 310 g/mol. The molecular formula is C16H21N5O3. The van der Waals surface area contributed by atoms with Crippen molar-refractivity contribution in [3.63, 3.8) is 0 Å². The van der Waals surface area contributed by atoms with Crippen molar-refractivity contribution in [2.75, 3.05) is 31.5 Å². The molecule has 1 atom stereocenters. The van der Waals surface area contributed by atoms with E-state index in [9.17, 15) is 0 Å². The molecule has 1 fully saturated rings. The average Bonchev–Trinajstić information content (AvgIpc) is 3.19. The Hall–Kier alpha value is -2.58. The highest BCUT2D eigenvalue weighted by Crippen LogP contribution is 2.30. The number of aliphatic hydroxyl groups is 1. The highest BCUT2D eigenvalue weighted by molar-refractivity contribution is 5.79. The van der Waals surface area contributed by atoms with Gasteiger partial charge in [0.15, 0.2) is 6.79 Å². The predicted octanol–water partition coefficient (Wildman–Crippen LogP) is 0.726. The molecule has 1 aliphatic heterocycles. The molecule has 128 valence electrons. The molecule has 0 aliphatic carbocycles. The number of aliphatic imine (C=N–C) groups is 1. The normalized spacial score (nSPS) is 17.1. The Kier molecular flexibility index (Phi) is 4.97. The average molecular weight is 331 g/mol. The van der Waals surface area contributed by atoms with Crippen LogP contribution in [0.1, 0.15) is 17.3 Å². The minimum Gasteiger partial charge on any atom is -0.452 e. The number of nitrogen functional groups attached to an aromatic ring is 2. The molecule has 3 rings (SSSR count). The second kappa shape index (κ2) is 7.33. The van der Waals surface area contributed by atoms with Gasteiger partial charge in [-0.25, -0.2) is 9.67 Å². The van der Waals surface area contributed by atoms with Crippen molar-refractivity contribution in [3.05, 3.63) is 41.6 Å². The Bertz CT molecular complexity index is 706. The minimum atomic E-state index is -0.341. The van der Waals surface area contributed by atoms with Crippen LogP contribution in [0.2, 0.25) is 0 Å². The first-order valence-corrected chi connectivity index (χ1v) is 7.72. The zero-order valence-corrected chi connectivity index (χ0v) is 13.3. The summed E-state index contributed by atoms with van der Waals surface area (Å²) in [7, 11) is 0. The number of aromatic nitrogens is 2. The van der Waals surface area contributed by atoms with Crippen LogP contribution in [0, 0.1) is 0 Å². The van der Waals surface area contributed by atoms with E-state index >= 15 is 0 Å². The van der Waals surface area contributed by atoms with E-state index in [2.05, 4.69) is 10.1 Å². The zero-order chi connectivity index (χ0) is 16.9. The number of benzene rings is 1. The van der Waals surface area contributed by atoms with Gasteiger partial charge in [-0.05, 0) is 5.56 Å². The molecule has 1 aliphatic rings. The van der Waals surface area contributed by atoms with Crippen LogP contribution >= 0.6 is 0 Å². The van der Waals surface area contributed by atoms with Gasteiger partial charge in [0.25, 0.3) is 0 Å². The number of aliphatic hydroxyl groups excluding tert-OH is 1. The van der Waals surface area contributed by atoms with Gasteiger partial charge in [-0.2, -0.15) is 5.10 Å². The Balaban J connectivity index is 1.94. The topological polar surface area (TPSA) is 121 Å². The number of rotatable bonds is 6. The summed E-state index contributed by atoms with van der Waals surface area (Å²) in [5.74, 6) is 0.853. The van der Waals surface area contributed by atoms with E-state index in [0.29, 0.717) is 36.1 Å². The van der Waals surface area contributed by atoms with Gasteiger partial charge >= 0.3 is 0 Å². The minimum absolute atomic E-state index is 0.0699. The van der Waals surface area contributed by atoms with Gasteiger partial charge < -0.3 is 26.0 Å². The number of nitrogens with zero attached hydrogens (tertiary/aromatic N) is 3. The lowest BCUT2D eigenvalue weighted by atomic mass is 10.0. The predicted molar refractivity (Wildman–Crippen MR) is 90.4 cm³/mol. The summed E-state index contributed by atoms with van der Waals surface area (Å²) < 4.78 is 12.0. The van der Waals surface area contributed by atoms with Gasteiger partial charge in [0.2, 0.25) is 5.90 Å². The first-order chi connectivity index (χ1) is 11.7. The Morgan fingerprint density at radius 1 is 1.29 bits per heavy atom. The highest BCUT2D eigenvalue weighted by atomic mass is 16.7. The second-order valence-corrected chi connectivity index (χ2v) is 5.47. The third kappa shape index (κ3) is 3.50. The van der Waals surface area contributed by atoms with Gasteiger partial charge in [-0.3, -0.25) is 0 Å². The molecule has 1 aromatic carbocycles. The van der Waals surface area contributed by atoms with Crippen molar-refractivity contribution in [3.8, 4) is 0 Å². The fourth-order valence-electron chi connectivity index (χ4n) is 2.59. The Labute approximate surface area is 139 Å². The first-order valence-electron chi connectivity index (χ1n) is 7.72. The van der Waals surface area contributed by atoms with E-state index in [4.69, 9.17) is 26.0 Å². The zero-order valence-electron chi connectivity index (χ0n) is 13.3. The smallest absolute Gasteiger partial charge is 0.213 e. The van der Waals surface area contributed by atoms with Crippen LogP contribution in [0.5, 0.6) is 0 Å². The summed E-state index contributed by atoms with van der Waals surface area (Å²) in [5.41, 5.74) is 14.2. The molecule has 0 radical (unpaired) electrons. The Morgan fingerprint density at radius 2 is 2.08 bits per heavy atom. The molecule has 24 heavy (non-hydrogen) atoms. The fourth-order valence-corrected chi connectivity index (χ4v) is 2.59. The monoisotopic (exact) mass is 331 g/mol. The molecule has 1 unspecified atom stereocenters. The van der Waals surface area contributed by atoms with E-state index in [1.165, 1.54) is 4.68 Å². The highest BCUT2D eigenvalue weighted by Gasteiger charge is 2.23. The van der Waals surface area contributed by atoms with Gasteiger partial charge in [0.05, 0.1) is 18.8 Å². The van der Waals surface area contributed by atoms with Crippen LogP contribution in [0.4, 0.5) is 11.5 Å². The lowest BCUT2D eigenvalue weighted by Crippen LogP contribution is -2.10. The van der Waals surface area contributed by atoms with E-state index in [1.807, 2.05) is 30.3 Å². The van der Waals surface area contributed by atoms with Gasteiger partial charge in [-0.15, -0.1) is 0 Å². The summed E-state index contributed by atoms with van der Waals surface area (Å²) in [6.07, 6.45) is 0.605. The van der Waals surface area contributed by atoms with Crippen molar-refractivity contribution in [1.29, 1.82) is 0 Å². The SMILES string of the molecule is Nc1c(C(Cc2ccccc2)N=C2COCO2)nn(CCO)c1N. The van der Waals surface area contributed by atoms with Crippen LogP contribution < -0.4 is 11.5 Å². The van der Waals surface area contributed by atoms with Crippen LogP contribution in [-0.4, -0.2) is 40.8 Å². The van der Waals surface area contributed by atoms with Crippen LogP contribution in [-0.2, 0) is 22.4 Å². The quantitative estimate of drug-likeness (QED) is 0.717. The largest absolute Gasteiger partial charge is 0.452 e. The van der Waals surface area contributed by atoms with E-state index in [1.54, 1.807) is 0 Å². The van der Waals surface area contributed by atoms with E-state index in [-0.39, 0.29) is 26.0 Å². The molecule has 0 bridgehead atoms. The van der Waals surface area contributed by atoms with Crippen molar-refractivity contribution >= 4 is 17.4 Å². The van der Waals surface area contributed by atoms with Gasteiger partial charge in [0.1, 0.15) is 24.2 Å². The number of ether oxygens (including phenoxy) is 2. The summed E-state index contributed by atoms with van der Waals surface area (Å²) in [5, 5.41) is 13.6. The fraction of sp³-hybridized carbons (Fsp3) is 0.375. The van der Waals surface area contributed by atoms with Crippen molar-refractivity contribution in [2.24, 2.45) is 4.99 Å². The molecule has 1 saturated heterocycles. The number of hydrogen-bond donors (Lipinski definition) is 3. The molecule has 5 N–H and O–H groups in total. The maximum absolute atomic E-state index is 9.13. The van der Waals surface area contributed by atoms with Gasteiger partial charge in [0, 0.05) is 6.42 Å². The third-order valence-electron chi connectivity index (χ3n) is 3.79. The van der Waals surface area contributed by atoms with Crippen LogP contribution in [0.3, 0.4) is 0 Å². The number of nitrogens with two attached hydrogens (primary N) is 2. The van der Waals surface area contributed by atoms with E-state index in [0.717, 1.165) is 5.56 Å². The maximum atomic E-state index is 9.13. The Morgan fingerprint density at radius 3 is 2.75 bits per heavy atom. The van der Waals surface area contributed by atoms with Crippen molar-refractivity contribution in [2.45, 2.75) is 19.0 Å². The summed E-state index contributed by atoms with van der Waals surface area (Å²) in [6, 6.07) is 9.59. The molecule has 2 aromatic rings. The summed E-state index contributed by atoms with van der Waals surface area (Å²) in [4.78, 5) is 4.61.